The molecule has 2 nitrogen and oxygen atoms in total. The largest absolute Gasteiger partial charge is 0.378 e. The summed E-state index contributed by atoms with van der Waals surface area (Å²) in [4.78, 5) is 9.38. The summed E-state index contributed by atoms with van der Waals surface area (Å²) in [5.74, 6) is 0. The molecule has 0 radical (unpaired) electrons. The molecule has 2 aliphatic rings. The van der Waals surface area contributed by atoms with Gasteiger partial charge in [-0.3, -0.25) is 0 Å². The van der Waals surface area contributed by atoms with E-state index in [2.05, 4.69) is 91.8 Å². The first kappa shape index (κ1) is 16.0. The zero-order valence-corrected chi connectivity index (χ0v) is 15.3. The summed E-state index contributed by atoms with van der Waals surface area (Å²) < 4.78 is 0. The average molecular weight is 344 g/mol. The molecule has 0 bridgehead atoms. The summed E-state index contributed by atoms with van der Waals surface area (Å²) in [7, 11) is 4.11. The molecule has 25 heavy (non-hydrogen) atoms. The lowest BCUT2D eigenvalue weighted by Gasteiger charge is -2.18. The van der Waals surface area contributed by atoms with Gasteiger partial charge in [-0.1, -0.05) is 54.3 Å². The van der Waals surface area contributed by atoms with Gasteiger partial charge < -0.3 is 4.90 Å². The van der Waals surface area contributed by atoms with Gasteiger partial charge in [0, 0.05) is 29.6 Å². The molecule has 1 aliphatic heterocycles. The third-order valence-corrected chi connectivity index (χ3v) is 5.43. The summed E-state index contributed by atoms with van der Waals surface area (Å²) in [5.41, 5.74) is 5.78. The molecule has 0 saturated heterocycles. The lowest BCUT2D eigenvalue weighted by atomic mass is 10.1. The van der Waals surface area contributed by atoms with Crippen molar-refractivity contribution < 1.29 is 0 Å². The monoisotopic (exact) mass is 344 g/mol. The normalized spacial score (nSPS) is 15.4. The summed E-state index contributed by atoms with van der Waals surface area (Å²) in [6.45, 7) is 0. The second kappa shape index (κ2) is 6.77. The number of anilines is 1. The van der Waals surface area contributed by atoms with Gasteiger partial charge in [0.05, 0.1) is 11.4 Å². The Kier molecular flexibility index (Phi) is 4.33. The zero-order valence-electron chi connectivity index (χ0n) is 14.4. The van der Waals surface area contributed by atoms with Crippen LogP contribution < -0.4 is 4.90 Å². The highest BCUT2D eigenvalue weighted by molar-refractivity contribution is 8.04. The number of benzene rings is 2. The lowest BCUT2D eigenvalue weighted by molar-refractivity contribution is 1.13. The highest BCUT2D eigenvalue weighted by Gasteiger charge is 2.17. The highest BCUT2D eigenvalue weighted by atomic mass is 32.2. The molecule has 0 unspecified atom stereocenters. The van der Waals surface area contributed by atoms with Crippen LogP contribution in [0.25, 0.3) is 12.2 Å². The Labute approximate surface area is 153 Å². The van der Waals surface area contributed by atoms with E-state index < -0.39 is 0 Å². The minimum atomic E-state index is 0.999. The fourth-order valence-electron chi connectivity index (χ4n) is 2.86. The maximum atomic E-state index is 4.76. The van der Waals surface area contributed by atoms with Crippen molar-refractivity contribution in [1.82, 2.24) is 0 Å². The minimum Gasteiger partial charge on any atom is -0.378 e. The van der Waals surface area contributed by atoms with E-state index in [1.807, 2.05) is 11.8 Å². The smallest absolute Gasteiger partial charge is 0.0777 e. The maximum Gasteiger partial charge on any atom is 0.0777 e. The van der Waals surface area contributed by atoms with Crippen LogP contribution in [-0.2, 0) is 0 Å². The third kappa shape index (κ3) is 3.47. The molecule has 1 aliphatic carbocycles. The van der Waals surface area contributed by atoms with Gasteiger partial charge >= 0.3 is 0 Å². The molecule has 2 aromatic carbocycles. The Morgan fingerprint density at radius 3 is 2.56 bits per heavy atom. The van der Waals surface area contributed by atoms with Crippen LogP contribution in [0, 0.1) is 0 Å². The molecule has 0 amide bonds. The predicted molar refractivity (Wildman–Crippen MR) is 111 cm³/mol. The molecule has 4 rings (SSSR count). The van der Waals surface area contributed by atoms with Crippen molar-refractivity contribution in [3.8, 4) is 0 Å². The van der Waals surface area contributed by atoms with Gasteiger partial charge in [-0.15, -0.1) is 0 Å². The van der Waals surface area contributed by atoms with Crippen molar-refractivity contribution in [3.05, 3.63) is 76.7 Å². The highest BCUT2D eigenvalue weighted by Crippen LogP contribution is 2.42. The van der Waals surface area contributed by atoms with E-state index in [4.69, 9.17) is 4.99 Å². The number of thioether (sulfide) groups is 1. The Morgan fingerprint density at radius 1 is 1.00 bits per heavy atom. The molecule has 3 heteroatoms. The van der Waals surface area contributed by atoms with Gasteiger partial charge in [-0.25, -0.2) is 4.99 Å². The van der Waals surface area contributed by atoms with Crippen LogP contribution in [0.15, 0.2) is 75.5 Å². The molecule has 2 aromatic rings. The number of rotatable bonds is 3. The number of aliphatic imine (C=N–C) groups is 1. The summed E-state index contributed by atoms with van der Waals surface area (Å²) >= 11 is 1.82. The van der Waals surface area contributed by atoms with Crippen LogP contribution in [0.4, 0.5) is 11.4 Å². The van der Waals surface area contributed by atoms with Crippen LogP contribution in [0.2, 0.25) is 0 Å². The van der Waals surface area contributed by atoms with Crippen LogP contribution in [0.1, 0.15) is 17.5 Å². The Balaban J connectivity index is 1.56. The van der Waals surface area contributed by atoms with Crippen molar-refractivity contribution >= 4 is 41.0 Å². The van der Waals surface area contributed by atoms with Gasteiger partial charge in [0.15, 0.2) is 0 Å². The fourth-order valence-corrected chi connectivity index (χ4v) is 3.91. The summed E-state index contributed by atoms with van der Waals surface area (Å²) in [5, 5.41) is 0. The molecule has 0 aromatic heterocycles. The van der Waals surface area contributed by atoms with Crippen molar-refractivity contribution in [2.75, 3.05) is 19.0 Å². The van der Waals surface area contributed by atoms with Gasteiger partial charge in [-0.2, -0.15) is 0 Å². The number of nitrogens with zero attached hydrogens (tertiary/aromatic N) is 2. The maximum absolute atomic E-state index is 4.76. The van der Waals surface area contributed by atoms with Crippen molar-refractivity contribution in [2.45, 2.75) is 11.3 Å². The minimum absolute atomic E-state index is 0.999. The molecule has 124 valence electrons. The summed E-state index contributed by atoms with van der Waals surface area (Å²) in [6.07, 6.45) is 11.9. The standard InChI is InChI=1S/C22H20N2S/c1-24(2)18-12-9-16(10-13-18)7-8-17-11-14-20-22(15-17)25-21-6-4-3-5-19(21)23-20/h3,5-15H,4H2,1-2H3. The van der Waals surface area contributed by atoms with E-state index in [0.29, 0.717) is 0 Å². The first-order valence-electron chi connectivity index (χ1n) is 8.42. The number of allylic oxidation sites excluding steroid dienone is 4. The zero-order chi connectivity index (χ0) is 17.2. The average Bonchev–Trinajstić information content (AvgIpc) is 2.65. The SMILES string of the molecule is CN(C)c1ccc(C=Cc2ccc3c(c2)SC2=CCC=CC2=N3)cc1. The number of hydrogen-bond acceptors (Lipinski definition) is 3. The van der Waals surface area contributed by atoms with E-state index in [0.717, 1.165) is 17.8 Å². The number of hydrogen-bond donors (Lipinski definition) is 0. The summed E-state index contributed by atoms with van der Waals surface area (Å²) in [6, 6.07) is 15.1. The first-order chi connectivity index (χ1) is 12.2. The van der Waals surface area contributed by atoms with Crippen molar-refractivity contribution in [1.29, 1.82) is 0 Å². The van der Waals surface area contributed by atoms with E-state index >= 15 is 0 Å². The fraction of sp³-hybridized carbons (Fsp3) is 0.136. The van der Waals surface area contributed by atoms with Gasteiger partial charge in [0.25, 0.3) is 0 Å². The third-order valence-electron chi connectivity index (χ3n) is 4.29. The van der Waals surface area contributed by atoms with E-state index in [1.54, 1.807) is 0 Å². The Hall–Kier alpha value is -2.52. The van der Waals surface area contributed by atoms with Crippen LogP contribution in [0.3, 0.4) is 0 Å². The van der Waals surface area contributed by atoms with Gasteiger partial charge in [0.1, 0.15) is 0 Å². The topological polar surface area (TPSA) is 15.6 Å². The van der Waals surface area contributed by atoms with Gasteiger partial charge in [0.2, 0.25) is 0 Å². The molecular formula is C22H20N2S. The van der Waals surface area contributed by atoms with Crippen LogP contribution >= 0.6 is 11.8 Å². The first-order valence-corrected chi connectivity index (χ1v) is 9.24. The molecule has 0 saturated carbocycles. The molecular weight excluding hydrogens is 324 g/mol. The second-order valence-electron chi connectivity index (χ2n) is 6.35. The van der Waals surface area contributed by atoms with Crippen LogP contribution in [-0.4, -0.2) is 19.8 Å². The van der Waals surface area contributed by atoms with Gasteiger partial charge in [-0.05, 0) is 47.9 Å². The van der Waals surface area contributed by atoms with E-state index in [-0.39, 0.29) is 0 Å². The van der Waals surface area contributed by atoms with E-state index in [1.165, 1.54) is 26.6 Å². The van der Waals surface area contributed by atoms with Crippen molar-refractivity contribution in [2.24, 2.45) is 4.99 Å². The molecule has 0 fully saturated rings. The molecule has 1 heterocycles. The van der Waals surface area contributed by atoms with E-state index in [9.17, 15) is 0 Å². The quantitative estimate of drug-likeness (QED) is 0.640. The number of fused-ring (bicyclic) bond motifs is 2. The van der Waals surface area contributed by atoms with Crippen molar-refractivity contribution in [3.63, 3.8) is 0 Å². The lowest BCUT2D eigenvalue weighted by Crippen LogP contribution is -2.07. The predicted octanol–water partition coefficient (Wildman–Crippen LogP) is 5.95. The Bertz CT molecular complexity index is 916. The van der Waals surface area contributed by atoms with Crippen LogP contribution in [0.5, 0.6) is 0 Å². The second-order valence-corrected chi connectivity index (χ2v) is 7.44. The molecule has 0 atom stereocenters. The molecule has 0 spiro atoms. The molecule has 0 N–H and O–H groups in total. The Morgan fingerprint density at radius 2 is 1.76 bits per heavy atom.